The first-order valence-electron chi connectivity index (χ1n) is 7.64. The minimum atomic E-state index is -0.259. The summed E-state index contributed by atoms with van der Waals surface area (Å²) in [4.78, 5) is 12.9. The number of carbonyl (C=O) groups excluding carboxylic acids is 1. The highest BCUT2D eigenvalue weighted by atomic mass is 16.1. The number of ketones is 1. The van der Waals surface area contributed by atoms with Gasteiger partial charge >= 0.3 is 0 Å². The molecule has 1 heteroatoms. The molecule has 0 aliphatic heterocycles. The Morgan fingerprint density at radius 3 is 1.95 bits per heavy atom. The Kier molecular flexibility index (Phi) is 3.24. The van der Waals surface area contributed by atoms with Crippen LogP contribution in [0.4, 0.5) is 0 Å². The van der Waals surface area contributed by atoms with Gasteiger partial charge in [-0.2, -0.15) is 0 Å². The largest absolute Gasteiger partial charge is 0.293 e. The summed E-state index contributed by atoms with van der Waals surface area (Å²) in [7, 11) is 0. The third-order valence-corrected chi connectivity index (χ3v) is 4.52. The minimum Gasteiger partial charge on any atom is -0.293 e. The van der Waals surface area contributed by atoms with Crippen LogP contribution < -0.4 is 0 Å². The molecule has 0 amide bonds. The van der Waals surface area contributed by atoms with Crippen molar-refractivity contribution in [1.82, 2.24) is 0 Å². The maximum Gasteiger partial charge on any atom is 0.173 e. The SMILES string of the molecule is CC(C)(C)c1ccc(C(=O)C2(c3ccccc3)CC2)cc1. The highest BCUT2D eigenvalue weighted by Crippen LogP contribution is 2.50. The zero-order valence-electron chi connectivity index (χ0n) is 13.0. The third-order valence-electron chi connectivity index (χ3n) is 4.52. The van der Waals surface area contributed by atoms with Gasteiger partial charge in [0.05, 0.1) is 5.41 Å². The molecule has 1 aliphatic carbocycles. The van der Waals surface area contributed by atoms with Gasteiger partial charge in [-0.3, -0.25) is 4.79 Å². The predicted octanol–water partition coefficient (Wildman–Crippen LogP) is 4.90. The smallest absolute Gasteiger partial charge is 0.173 e. The number of benzene rings is 2. The number of rotatable bonds is 3. The Morgan fingerprint density at radius 1 is 0.905 bits per heavy atom. The van der Waals surface area contributed by atoms with Gasteiger partial charge in [-0.05, 0) is 29.4 Å². The van der Waals surface area contributed by atoms with E-state index in [1.54, 1.807) is 0 Å². The standard InChI is InChI=1S/C20H22O/c1-19(2,3)16-11-9-15(10-12-16)18(21)20(13-14-20)17-7-5-4-6-8-17/h4-12H,13-14H2,1-3H3. The number of carbonyl (C=O) groups is 1. The summed E-state index contributed by atoms with van der Waals surface area (Å²) >= 11 is 0. The second kappa shape index (κ2) is 4.84. The fourth-order valence-electron chi connectivity index (χ4n) is 2.93. The first-order valence-corrected chi connectivity index (χ1v) is 7.64. The zero-order chi connectivity index (χ0) is 15.1. The van der Waals surface area contributed by atoms with Crippen molar-refractivity contribution in [2.45, 2.75) is 44.4 Å². The Morgan fingerprint density at radius 2 is 1.48 bits per heavy atom. The molecule has 21 heavy (non-hydrogen) atoms. The van der Waals surface area contributed by atoms with E-state index in [-0.39, 0.29) is 16.6 Å². The summed E-state index contributed by atoms with van der Waals surface area (Å²) in [6.07, 6.45) is 1.94. The molecular weight excluding hydrogens is 256 g/mol. The van der Waals surface area contributed by atoms with Gasteiger partial charge in [-0.25, -0.2) is 0 Å². The van der Waals surface area contributed by atoms with Crippen molar-refractivity contribution in [2.24, 2.45) is 0 Å². The fourth-order valence-corrected chi connectivity index (χ4v) is 2.93. The van der Waals surface area contributed by atoms with Crippen molar-refractivity contribution in [3.05, 3.63) is 71.3 Å². The maximum atomic E-state index is 12.9. The van der Waals surface area contributed by atoms with Crippen LogP contribution in [0.25, 0.3) is 0 Å². The number of Topliss-reactive ketones (excluding diaryl/α,β-unsaturated/α-hetero) is 1. The van der Waals surface area contributed by atoms with Gasteiger partial charge in [0.1, 0.15) is 0 Å². The summed E-state index contributed by atoms with van der Waals surface area (Å²) in [5.41, 5.74) is 3.13. The Labute approximate surface area is 127 Å². The van der Waals surface area contributed by atoms with Gasteiger partial charge in [0, 0.05) is 5.56 Å². The highest BCUT2D eigenvalue weighted by molar-refractivity contribution is 6.06. The van der Waals surface area contributed by atoms with Crippen LogP contribution in [0, 0.1) is 0 Å². The lowest BCUT2D eigenvalue weighted by atomic mass is 9.84. The monoisotopic (exact) mass is 278 g/mol. The summed E-state index contributed by atoms with van der Waals surface area (Å²) in [5, 5.41) is 0. The van der Waals surface area contributed by atoms with Crippen LogP contribution in [-0.4, -0.2) is 5.78 Å². The molecule has 0 spiro atoms. The molecule has 0 radical (unpaired) electrons. The van der Waals surface area contributed by atoms with Crippen LogP contribution >= 0.6 is 0 Å². The Balaban J connectivity index is 1.90. The molecule has 0 heterocycles. The third kappa shape index (κ3) is 2.53. The molecule has 2 aromatic rings. The molecule has 1 saturated carbocycles. The molecule has 0 aromatic heterocycles. The van der Waals surface area contributed by atoms with Gasteiger partial charge in [0.15, 0.2) is 5.78 Å². The van der Waals surface area contributed by atoms with E-state index in [0.717, 1.165) is 24.0 Å². The van der Waals surface area contributed by atoms with E-state index in [0.29, 0.717) is 0 Å². The van der Waals surface area contributed by atoms with Gasteiger partial charge in [-0.1, -0.05) is 75.4 Å². The molecule has 1 fully saturated rings. The Bertz CT molecular complexity index is 640. The van der Waals surface area contributed by atoms with E-state index in [4.69, 9.17) is 0 Å². The van der Waals surface area contributed by atoms with Gasteiger partial charge in [-0.15, -0.1) is 0 Å². The van der Waals surface area contributed by atoms with Crippen molar-refractivity contribution >= 4 is 5.78 Å². The van der Waals surface area contributed by atoms with Crippen molar-refractivity contribution < 1.29 is 4.79 Å². The first kappa shape index (κ1) is 14.1. The number of hydrogen-bond acceptors (Lipinski definition) is 1. The molecule has 3 rings (SSSR count). The molecule has 1 nitrogen and oxygen atoms in total. The second-order valence-electron chi connectivity index (χ2n) is 7.10. The van der Waals surface area contributed by atoms with E-state index >= 15 is 0 Å². The van der Waals surface area contributed by atoms with Crippen molar-refractivity contribution in [1.29, 1.82) is 0 Å². The quantitative estimate of drug-likeness (QED) is 0.730. The van der Waals surface area contributed by atoms with Crippen molar-refractivity contribution in [3.63, 3.8) is 0 Å². The number of hydrogen-bond donors (Lipinski definition) is 0. The zero-order valence-corrected chi connectivity index (χ0v) is 13.0. The molecule has 2 aromatic carbocycles. The van der Waals surface area contributed by atoms with Crippen LogP contribution in [0.2, 0.25) is 0 Å². The molecular formula is C20H22O. The maximum absolute atomic E-state index is 12.9. The average molecular weight is 278 g/mol. The van der Waals surface area contributed by atoms with E-state index in [9.17, 15) is 4.79 Å². The first-order chi connectivity index (χ1) is 9.93. The van der Waals surface area contributed by atoms with E-state index in [1.807, 2.05) is 30.3 Å². The summed E-state index contributed by atoms with van der Waals surface area (Å²) in [6, 6.07) is 18.4. The summed E-state index contributed by atoms with van der Waals surface area (Å²) in [6.45, 7) is 6.57. The molecule has 0 bridgehead atoms. The summed E-state index contributed by atoms with van der Waals surface area (Å²) < 4.78 is 0. The lowest BCUT2D eigenvalue weighted by Gasteiger charge is -2.20. The Hall–Kier alpha value is -1.89. The van der Waals surface area contributed by atoms with E-state index < -0.39 is 0 Å². The van der Waals surface area contributed by atoms with Crippen molar-refractivity contribution in [2.75, 3.05) is 0 Å². The molecule has 1 aliphatic rings. The van der Waals surface area contributed by atoms with E-state index in [2.05, 4.69) is 45.0 Å². The second-order valence-corrected chi connectivity index (χ2v) is 7.10. The lowest BCUT2D eigenvalue weighted by Crippen LogP contribution is -2.21. The molecule has 0 unspecified atom stereocenters. The van der Waals surface area contributed by atoms with Crippen LogP contribution in [0.3, 0.4) is 0 Å². The van der Waals surface area contributed by atoms with Crippen molar-refractivity contribution in [3.8, 4) is 0 Å². The minimum absolute atomic E-state index is 0.123. The average Bonchev–Trinajstić information content (AvgIpc) is 3.28. The molecule has 0 saturated heterocycles. The van der Waals surface area contributed by atoms with Crippen LogP contribution in [0.1, 0.15) is 55.1 Å². The van der Waals surface area contributed by atoms with Crippen LogP contribution in [0.5, 0.6) is 0 Å². The molecule has 108 valence electrons. The van der Waals surface area contributed by atoms with Crippen LogP contribution in [0.15, 0.2) is 54.6 Å². The topological polar surface area (TPSA) is 17.1 Å². The predicted molar refractivity (Wildman–Crippen MR) is 86.8 cm³/mol. The van der Waals surface area contributed by atoms with Gasteiger partial charge in [0.25, 0.3) is 0 Å². The molecule has 0 N–H and O–H groups in total. The summed E-state index contributed by atoms with van der Waals surface area (Å²) in [5.74, 6) is 0.272. The van der Waals surface area contributed by atoms with Gasteiger partial charge in [0.2, 0.25) is 0 Å². The van der Waals surface area contributed by atoms with E-state index in [1.165, 1.54) is 5.56 Å². The highest BCUT2D eigenvalue weighted by Gasteiger charge is 2.50. The lowest BCUT2D eigenvalue weighted by molar-refractivity contribution is 0.0946. The van der Waals surface area contributed by atoms with Gasteiger partial charge < -0.3 is 0 Å². The van der Waals surface area contributed by atoms with Crippen LogP contribution in [-0.2, 0) is 10.8 Å². The molecule has 0 atom stereocenters. The fraction of sp³-hybridized carbons (Fsp3) is 0.350. The normalized spacial score (nSPS) is 16.5.